The summed E-state index contributed by atoms with van der Waals surface area (Å²) in [5.74, 6) is 0.981. The largest absolute Gasteiger partial charge is 0.323 e. The molecule has 0 aliphatic heterocycles. The summed E-state index contributed by atoms with van der Waals surface area (Å²) in [6.45, 7) is 4.26. The van der Waals surface area contributed by atoms with Gasteiger partial charge in [-0.15, -0.1) is 0 Å². The molecule has 1 heterocycles. The molecule has 106 valence electrons. The van der Waals surface area contributed by atoms with Crippen molar-refractivity contribution >= 4 is 22.7 Å². The molecular weight excluding hydrogens is 260 g/mol. The minimum absolute atomic E-state index is 0.323. The number of para-hydroxylation sites is 2. The molecular formula is C17H18N4. The number of hydrazone groups is 1. The molecule has 3 rings (SSSR count). The third-order valence-corrected chi connectivity index (χ3v) is 3.29. The molecule has 0 bridgehead atoms. The van der Waals surface area contributed by atoms with Crippen LogP contribution in [0.5, 0.6) is 0 Å². The second-order valence-corrected chi connectivity index (χ2v) is 5.23. The van der Waals surface area contributed by atoms with Crippen LogP contribution in [0.4, 0.5) is 5.95 Å². The zero-order valence-corrected chi connectivity index (χ0v) is 12.2. The monoisotopic (exact) mass is 278 g/mol. The number of imidazole rings is 1. The van der Waals surface area contributed by atoms with E-state index >= 15 is 0 Å². The van der Waals surface area contributed by atoms with Crippen molar-refractivity contribution in [2.45, 2.75) is 13.8 Å². The Bertz CT molecular complexity index is 724. The Morgan fingerprint density at radius 3 is 2.48 bits per heavy atom. The number of aromatic amines is 1. The molecule has 0 aliphatic rings. The summed E-state index contributed by atoms with van der Waals surface area (Å²) in [6.07, 6.45) is 0. The van der Waals surface area contributed by atoms with Gasteiger partial charge in [-0.3, -0.25) is 0 Å². The number of hydrogen-bond donors (Lipinski definition) is 2. The zero-order valence-electron chi connectivity index (χ0n) is 12.2. The highest BCUT2D eigenvalue weighted by Gasteiger charge is 2.08. The number of anilines is 1. The Morgan fingerprint density at radius 2 is 1.76 bits per heavy atom. The average Bonchev–Trinajstić information content (AvgIpc) is 2.91. The standard InChI is InChI=1S/C17H18N4/c1-12(2)16(13-8-4-3-5-9-13)20-21-17-18-14-10-6-7-11-15(14)19-17/h3-12H,1-2H3,(H2,18,19,21)/b20-16+. The number of H-pyrrole nitrogens is 1. The average molecular weight is 278 g/mol. The molecule has 0 saturated heterocycles. The lowest BCUT2D eigenvalue weighted by atomic mass is 10.0. The Balaban J connectivity index is 1.88. The quantitative estimate of drug-likeness (QED) is 0.559. The van der Waals surface area contributed by atoms with Crippen molar-refractivity contribution in [1.82, 2.24) is 9.97 Å². The van der Waals surface area contributed by atoms with Gasteiger partial charge in [-0.25, -0.2) is 10.4 Å². The van der Waals surface area contributed by atoms with Crippen molar-refractivity contribution in [3.63, 3.8) is 0 Å². The van der Waals surface area contributed by atoms with Gasteiger partial charge in [0.1, 0.15) is 0 Å². The molecule has 0 spiro atoms. The Kier molecular flexibility index (Phi) is 3.69. The SMILES string of the molecule is CC(C)/C(=N\Nc1nc2ccccc2[nH]1)c1ccccc1. The summed E-state index contributed by atoms with van der Waals surface area (Å²) >= 11 is 0. The normalized spacial score (nSPS) is 12.0. The predicted molar refractivity (Wildman–Crippen MR) is 87.5 cm³/mol. The van der Waals surface area contributed by atoms with Crippen molar-refractivity contribution in [3.8, 4) is 0 Å². The molecule has 0 amide bonds. The fourth-order valence-corrected chi connectivity index (χ4v) is 2.25. The molecule has 0 atom stereocenters. The lowest BCUT2D eigenvalue weighted by Gasteiger charge is -2.10. The number of nitrogens with zero attached hydrogens (tertiary/aromatic N) is 2. The molecule has 1 aromatic heterocycles. The number of nitrogens with one attached hydrogen (secondary N) is 2. The third kappa shape index (κ3) is 2.94. The van der Waals surface area contributed by atoms with Crippen molar-refractivity contribution in [3.05, 3.63) is 60.2 Å². The Labute approximate surface area is 123 Å². The van der Waals surface area contributed by atoms with Gasteiger partial charge in [0.15, 0.2) is 0 Å². The molecule has 4 nitrogen and oxygen atoms in total. The van der Waals surface area contributed by atoms with Gasteiger partial charge < -0.3 is 4.98 Å². The number of fused-ring (bicyclic) bond motifs is 1. The van der Waals surface area contributed by atoms with Gasteiger partial charge in [0.05, 0.1) is 16.7 Å². The number of rotatable bonds is 4. The van der Waals surface area contributed by atoms with E-state index in [2.05, 4.69) is 46.5 Å². The first-order valence-corrected chi connectivity index (χ1v) is 7.08. The van der Waals surface area contributed by atoms with Crippen LogP contribution in [0.3, 0.4) is 0 Å². The predicted octanol–water partition coefficient (Wildman–Crippen LogP) is 4.04. The molecule has 2 N–H and O–H groups in total. The molecule has 4 heteroatoms. The van der Waals surface area contributed by atoms with Crippen molar-refractivity contribution in [1.29, 1.82) is 0 Å². The minimum atomic E-state index is 0.323. The van der Waals surface area contributed by atoms with E-state index in [4.69, 9.17) is 0 Å². The maximum Gasteiger partial charge on any atom is 0.222 e. The third-order valence-electron chi connectivity index (χ3n) is 3.29. The Hall–Kier alpha value is -2.62. The first-order valence-electron chi connectivity index (χ1n) is 7.08. The van der Waals surface area contributed by atoms with Crippen LogP contribution in [0, 0.1) is 5.92 Å². The lowest BCUT2D eigenvalue weighted by Crippen LogP contribution is -2.12. The van der Waals surface area contributed by atoms with E-state index in [1.54, 1.807) is 0 Å². The fourth-order valence-electron chi connectivity index (χ4n) is 2.25. The highest BCUT2D eigenvalue weighted by Crippen LogP contribution is 2.14. The molecule has 0 unspecified atom stereocenters. The summed E-state index contributed by atoms with van der Waals surface area (Å²) < 4.78 is 0. The minimum Gasteiger partial charge on any atom is -0.323 e. The molecule has 3 aromatic rings. The van der Waals surface area contributed by atoms with Gasteiger partial charge in [-0.2, -0.15) is 5.10 Å². The summed E-state index contributed by atoms with van der Waals surface area (Å²) in [4.78, 5) is 7.68. The van der Waals surface area contributed by atoms with Crippen molar-refractivity contribution in [2.24, 2.45) is 11.0 Å². The zero-order chi connectivity index (χ0) is 14.7. The smallest absolute Gasteiger partial charge is 0.222 e. The van der Waals surface area contributed by atoms with E-state index in [0.29, 0.717) is 11.9 Å². The molecule has 2 aromatic carbocycles. The van der Waals surface area contributed by atoms with E-state index in [-0.39, 0.29) is 0 Å². The second kappa shape index (κ2) is 5.79. The number of hydrogen-bond acceptors (Lipinski definition) is 3. The molecule has 0 saturated carbocycles. The first kappa shape index (κ1) is 13.4. The van der Waals surface area contributed by atoms with Gasteiger partial charge >= 0.3 is 0 Å². The van der Waals surface area contributed by atoms with Gasteiger partial charge in [0, 0.05) is 0 Å². The molecule has 0 aliphatic carbocycles. The topological polar surface area (TPSA) is 53.1 Å². The van der Waals surface area contributed by atoms with Gasteiger partial charge in [0.25, 0.3) is 0 Å². The summed E-state index contributed by atoms with van der Waals surface area (Å²) in [7, 11) is 0. The van der Waals surface area contributed by atoms with Crippen LogP contribution in [0.25, 0.3) is 11.0 Å². The van der Waals surface area contributed by atoms with Gasteiger partial charge in [-0.1, -0.05) is 56.3 Å². The summed E-state index contributed by atoms with van der Waals surface area (Å²) in [6, 6.07) is 18.1. The van der Waals surface area contributed by atoms with Gasteiger partial charge in [0.2, 0.25) is 5.95 Å². The second-order valence-electron chi connectivity index (χ2n) is 5.23. The first-order chi connectivity index (χ1) is 10.2. The van der Waals surface area contributed by atoms with Crippen LogP contribution in [0.2, 0.25) is 0 Å². The summed E-state index contributed by atoms with van der Waals surface area (Å²) in [5, 5.41) is 4.53. The highest BCUT2D eigenvalue weighted by atomic mass is 15.4. The van der Waals surface area contributed by atoms with E-state index in [1.807, 2.05) is 42.5 Å². The molecule has 0 fully saturated rings. The van der Waals surface area contributed by atoms with Crippen molar-refractivity contribution in [2.75, 3.05) is 5.43 Å². The van der Waals surface area contributed by atoms with Crippen molar-refractivity contribution < 1.29 is 0 Å². The molecule has 21 heavy (non-hydrogen) atoms. The number of aromatic nitrogens is 2. The lowest BCUT2D eigenvalue weighted by molar-refractivity contribution is 0.879. The van der Waals surface area contributed by atoms with Crippen LogP contribution in [0.1, 0.15) is 19.4 Å². The number of benzene rings is 2. The van der Waals surface area contributed by atoms with Crippen LogP contribution in [0.15, 0.2) is 59.7 Å². The van der Waals surface area contributed by atoms with Crippen LogP contribution >= 0.6 is 0 Å². The van der Waals surface area contributed by atoms with Gasteiger partial charge in [-0.05, 0) is 23.6 Å². The van der Waals surface area contributed by atoms with Crippen LogP contribution < -0.4 is 5.43 Å². The van der Waals surface area contributed by atoms with E-state index in [9.17, 15) is 0 Å². The highest BCUT2D eigenvalue weighted by molar-refractivity contribution is 6.02. The van der Waals surface area contributed by atoms with Crippen LogP contribution in [-0.2, 0) is 0 Å². The van der Waals surface area contributed by atoms with E-state index in [0.717, 1.165) is 22.3 Å². The maximum absolute atomic E-state index is 4.53. The fraction of sp³-hybridized carbons (Fsp3) is 0.176. The van der Waals surface area contributed by atoms with Crippen LogP contribution in [-0.4, -0.2) is 15.7 Å². The molecule has 0 radical (unpaired) electrons. The Morgan fingerprint density at radius 1 is 1.05 bits per heavy atom. The maximum atomic E-state index is 4.53. The van der Waals surface area contributed by atoms with E-state index in [1.165, 1.54) is 0 Å². The van der Waals surface area contributed by atoms with E-state index < -0.39 is 0 Å². The summed E-state index contributed by atoms with van der Waals surface area (Å²) in [5.41, 5.74) is 7.10.